The predicted molar refractivity (Wildman–Crippen MR) is 112 cm³/mol. The molecule has 160 valence electrons. The second-order valence-corrected chi connectivity index (χ2v) is 6.81. The lowest BCUT2D eigenvalue weighted by atomic mass is 10.1. The molecule has 31 heavy (non-hydrogen) atoms. The lowest BCUT2D eigenvalue weighted by Gasteiger charge is -2.12. The highest BCUT2D eigenvalue weighted by atomic mass is 35.5. The highest BCUT2D eigenvalue weighted by Gasteiger charge is 2.29. The normalized spacial score (nSPS) is 11.8. The van der Waals surface area contributed by atoms with Crippen LogP contribution >= 0.6 is 11.6 Å². The maximum absolute atomic E-state index is 12.7. The van der Waals surface area contributed by atoms with Crippen LogP contribution in [-0.2, 0) is 12.7 Å². The zero-order valence-corrected chi connectivity index (χ0v) is 16.6. The van der Waals surface area contributed by atoms with Gasteiger partial charge in [-0.15, -0.1) is 0 Å². The van der Waals surface area contributed by atoms with Gasteiger partial charge in [0.15, 0.2) is 0 Å². The van der Waals surface area contributed by atoms with Crippen molar-refractivity contribution in [1.29, 1.82) is 0 Å². The van der Waals surface area contributed by atoms with Crippen molar-refractivity contribution in [2.24, 2.45) is 4.99 Å². The molecule has 6 nitrogen and oxygen atoms in total. The second-order valence-electron chi connectivity index (χ2n) is 6.37. The van der Waals surface area contributed by atoms with Crippen LogP contribution in [0.3, 0.4) is 0 Å². The molecule has 3 rings (SSSR count). The van der Waals surface area contributed by atoms with Crippen molar-refractivity contribution in [2.75, 3.05) is 5.32 Å². The van der Waals surface area contributed by atoms with E-state index in [9.17, 15) is 22.8 Å². The lowest BCUT2D eigenvalue weighted by Crippen LogP contribution is -2.36. The molecule has 3 N–H and O–H groups in total. The molecule has 0 aliphatic heterocycles. The number of aliphatic imine (C=N–C) groups is 1. The zero-order valence-electron chi connectivity index (χ0n) is 15.8. The Morgan fingerprint density at radius 2 is 1.68 bits per heavy atom. The number of carbonyl (C=O) groups is 1. The largest absolute Gasteiger partial charge is 0.416 e. The Labute approximate surface area is 179 Å². The van der Waals surface area contributed by atoms with Gasteiger partial charge in [-0.05, 0) is 48.0 Å². The fourth-order valence-corrected chi connectivity index (χ4v) is 2.64. The number of pyridine rings is 1. The van der Waals surface area contributed by atoms with Crippen molar-refractivity contribution in [3.8, 4) is 0 Å². The van der Waals surface area contributed by atoms with Crippen LogP contribution in [0.2, 0.25) is 5.02 Å². The van der Waals surface area contributed by atoms with E-state index in [4.69, 9.17) is 11.6 Å². The average Bonchev–Trinajstić information content (AvgIpc) is 2.72. The molecule has 1 amide bonds. The van der Waals surface area contributed by atoms with Crippen LogP contribution < -0.4 is 16.2 Å². The number of amides is 1. The first-order valence-electron chi connectivity index (χ1n) is 8.94. The highest BCUT2D eigenvalue weighted by Crippen LogP contribution is 2.29. The Kier molecular flexibility index (Phi) is 6.76. The third-order valence-corrected chi connectivity index (χ3v) is 4.31. The molecule has 0 aliphatic carbocycles. The number of H-pyrrole nitrogens is 1. The van der Waals surface area contributed by atoms with Crippen molar-refractivity contribution < 1.29 is 18.0 Å². The van der Waals surface area contributed by atoms with Crippen LogP contribution in [0.5, 0.6) is 0 Å². The number of hydrogen-bond acceptors (Lipinski definition) is 3. The maximum Gasteiger partial charge on any atom is 0.416 e. The SMILES string of the molecule is O=C(NC(=NCc1ccc(C(F)(F)F)cc1)Nc1cccc(=O)[nH]1)c1ccc(Cl)cc1. The number of rotatable bonds is 4. The van der Waals surface area contributed by atoms with Crippen molar-refractivity contribution in [3.05, 3.63) is 98.8 Å². The van der Waals surface area contributed by atoms with Crippen LogP contribution in [0.25, 0.3) is 0 Å². The summed E-state index contributed by atoms with van der Waals surface area (Å²) in [7, 11) is 0. The molecule has 2 aromatic carbocycles. The predicted octanol–water partition coefficient (Wildman–Crippen LogP) is 4.45. The number of nitrogens with one attached hydrogen (secondary N) is 3. The molecule has 0 spiro atoms. The third kappa shape index (κ3) is 6.45. The van der Waals surface area contributed by atoms with Gasteiger partial charge in [0.2, 0.25) is 11.5 Å². The summed E-state index contributed by atoms with van der Waals surface area (Å²) in [5, 5.41) is 5.84. The minimum absolute atomic E-state index is 0.00157. The number of anilines is 1. The van der Waals surface area contributed by atoms with E-state index in [1.54, 1.807) is 18.2 Å². The van der Waals surface area contributed by atoms with Gasteiger partial charge in [-0.2, -0.15) is 13.2 Å². The number of aromatic nitrogens is 1. The fraction of sp³-hybridized carbons (Fsp3) is 0.0952. The Bertz CT molecular complexity index is 1140. The van der Waals surface area contributed by atoms with E-state index >= 15 is 0 Å². The quantitative estimate of drug-likeness (QED) is 0.407. The molecular formula is C21H16ClF3N4O2. The van der Waals surface area contributed by atoms with Crippen molar-refractivity contribution in [2.45, 2.75) is 12.7 Å². The lowest BCUT2D eigenvalue weighted by molar-refractivity contribution is -0.137. The van der Waals surface area contributed by atoms with E-state index < -0.39 is 17.6 Å². The molecule has 0 atom stereocenters. The smallest absolute Gasteiger partial charge is 0.312 e. The second kappa shape index (κ2) is 9.48. The third-order valence-electron chi connectivity index (χ3n) is 4.06. The Balaban J connectivity index is 1.81. The summed E-state index contributed by atoms with van der Waals surface area (Å²) < 4.78 is 38.1. The monoisotopic (exact) mass is 448 g/mol. The fourth-order valence-electron chi connectivity index (χ4n) is 2.51. The van der Waals surface area contributed by atoms with Gasteiger partial charge in [-0.1, -0.05) is 29.8 Å². The van der Waals surface area contributed by atoms with Gasteiger partial charge in [-0.3, -0.25) is 14.9 Å². The topological polar surface area (TPSA) is 86.3 Å². The first kappa shape index (κ1) is 22.1. The van der Waals surface area contributed by atoms with Gasteiger partial charge in [0, 0.05) is 16.7 Å². The first-order chi connectivity index (χ1) is 14.7. The molecule has 0 unspecified atom stereocenters. The molecule has 3 aromatic rings. The number of guanidine groups is 1. The average molecular weight is 449 g/mol. The molecule has 1 heterocycles. The zero-order chi connectivity index (χ0) is 22.4. The van der Waals surface area contributed by atoms with E-state index in [1.807, 2.05) is 0 Å². The van der Waals surface area contributed by atoms with Crippen LogP contribution in [-0.4, -0.2) is 16.9 Å². The van der Waals surface area contributed by atoms with Crippen molar-refractivity contribution in [3.63, 3.8) is 0 Å². The summed E-state index contributed by atoms with van der Waals surface area (Å²) in [6.07, 6.45) is -4.43. The van der Waals surface area contributed by atoms with Crippen LogP contribution in [0.4, 0.5) is 19.0 Å². The highest BCUT2D eigenvalue weighted by molar-refractivity contribution is 6.30. The van der Waals surface area contributed by atoms with E-state index in [2.05, 4.69) is 20.6 Å². The van der Waals surface area contributed by atoms with Crippen LogP contribution in [0.1, 0.15) is 21.5 Å². The number of carbonyl (C=O) groups excluding carboxylic acids is 1. The summed E-state index contributed by atoms with van der Waals surface area (Å²) in [4.78, 5) is 30.8. The van der Waals surface area contributed by atoms with E-state index in [0.717, 1.165) is 12.1 Å². The molecule has 0 radical (unpaired) electrons. The molecule has 0 saturated carbocycles. The summed E-state index contributed by atoms with van der Waals surface area (Å²) in [6, 6.07) is 15.1. The van der Waals surface area contributed by atoms with Gasteiger partial charge < -0.3 is 10.3 Å². The molecule has 0 saturated heterocycles. The van der Waals surface area contributed by atoms with E-state index in [0.29, 0.717) is 16.1 Å². The summed E-state index contributed by atoms with van der Waals surface area (Å²) >= 11 is 5.83. The first-order valence-corrected chi connectivity index (χ1v) is 9.32. The summed E-state index contributed by atoms with van der Waals surface area (Å²) in [6.45, 7) is -0.0154. The van der Waals surface area contributed by atoms with Crippen LogP contribution in [0, 0.1) is 0 Å². The molecule has 1 aromatic heterocycles. The van der Waals surface area contributed by atoms with Crippen LogP contribution in [0.15, 0.2) is 76.5 Å². The van der Waals surface area contributed by atoms with E-state index in [1.165, 1.54) is 36.4 Å². The number of hydrogen-bond donors (Lipinski definition) is 3. The Morgan fingerprint density at radius 3 is 2.29 bits per heavy atom. The molecular weight excluding hydrogens is 433 g/mol. The number of nitrogens with zero attached hydrogens (tertiary/aromatic N) is 1. The Morgan fingerprint density at radius 1 is 1.00 bits per heavy atom. The van der Waals surface area contributed by atoms with Crippen molar-refractivity contribution in [1.82, 2.24) is 10.3 Å². The molecule has 0 fully saturated rings. The molecule has 0 aliphatic rings. The molecule has 10 heteroatoms. The van der Waals surface area contributed by atoms with E-state index in [-0.39, 0.29) is 23.9 Å². The van der Waals surface area contributed by atoms with Gasteiger partial charge in [0.25, 0.3) is 5.91 Å². The van der Waals surface area contributed by atoms with Crippen molar-refractivity contribution >= 4 is 29.3 Å². The van der Waals surface area contributed by atoms with Gasteiger partial charge in [0.1, 0.15) is 5.82 Å². The number of benzene rings is 2. The minimum Gasteiger partial charge on any atom is -0.312 e. The maximum atomic E-state index is 12.7. The van der Waals surface area contributed by atoms with Gasteiger partial charge in [0.05, 0.1) is 12.1 Å². The number of alkyl halides is 3. The standard InChI is InChI=1S/C21H16ClF3N4O2/c22-16-10-6-14(7-11-16)19(31)29-20(28-17-2-1-3-18(30)27-17)26-12-13-4-8-15(9-5-13)21(23,24)25/h1-11H,12H2,(H3,26,27,28,29,30,31). The van der Waals surface area contributed by atoms with Gasteiger partial charge in [-0.25, -0.2) is 4.99 Å². The summed E-state index contributed by atoms with van der Waals surface area (Å²) in [5.74, 6) is -0.217. The summed E-state index contributed by atoms with van der Waals surface area (Å²) in [5.41, 5.74) is -0.322. The minimum atomic E-state index is -4.43. The van der Waals surface area contributed by atoms with Gasteiger partial charge >= 0.3 is 6.18 Å². The Hall–Kier alpha value is -3.59. The number of aromatic amines is 1. The molecule has 0 bridgehead atoms. The number of halogens is 4.